The van der Waals surface area contributed by atoms with E-state index in [1.165, 1.54) is 12.1 Å². The molecule has 1 aromatic heterocycles. The first-order valence-electron chi connectivity index (χ1n) is 7.72. The molecule has 5 nitrogen and oxygen atoms in total. The molecule has 0 amide bonds. The van der Waals surface area contributed by atoms with Crippen LogP contribution in [0, 0.1) is 0 Å². The molecule has 20 heavy (non-hydrogen) atoms. The summed E-state index contributed by atoms with van der Waals surface area (Å²) in [6.45, 7) is 7.16. The first-order chi connectivity index (χ1) is 9.83. The molecular formula is C15H22N4O. The number of hydrogen-bond donors (Lipinski definition) is 1. The summed E-state index contributed by atoms with van der Waals surface area (Å²) in [4.78, 5) is 9.66. The molecular weight excluding hydrogens is 252 g/mol. The van der Waals surface area contributed by atoms with Gasteiger partial charge < -0.3 is 19.9 Å². The Morgan fingerprint density at radius 1 is 1.30 bits per heavy atom. The van der Waals surface area contributed by atoms with Crippen molar-refractivity contribution in [2.24, 2.45) is 0 Å². The van der Waals surface area contributed by atoms with E-state index >= 15 is 0 Å². The van der Waals surface area contributed by atoms with Gasteiger partial charge in [0.15, 0.2) is 5.82 Å². The molecule has 4 rings (SSSR count). The number of hydrogen-bond acceptors (Lipinski definition) is 5. The fourth-order valence-corrected chi connectivity index (χ4v) is 3.44. The lowest BCUT2D eigenvalue weighted by Crippen LogP contribution is -2.43. The van der Waals surface area contributed by atoms with Crippen molar-refractivity contribution in [2.75, 3.05) is 47.9 Å². The average Bonchev–Trinajstić information content (AvgIpc) is 2.89. The topological polar surface area (TPSA) is 40.6 Å². The Morgan fingerprint density at radius 2 is 2.25 bits per heavy atom. The highest BCUT2D eigenvalue weighted by molar-refractivity contribution is 5.72. The Labute approximate surface area is 119 Å². The third-order valence-corrected chi connectivity index (χ3v) is 4.65. The number of anilines is 3. The number of rotatable bonds is 2. The second kappa shape index (κ2) is 4.81. The van der Waals surface area contributed by atoms with Crippen molar-refractivity contribution in [3.63, 3.8) is 0 Å². The van der Waals surface area contributed by atoms with Crippen molar-refractivity contribution in [3.8, 4) is 0 Å². The molecule has 108 valence electrons. The second-order valence-corrected chi connectivity index (χ2v) is 5.96. The van der Waals surface area contributed by atoms with E-state index in [0.29, 0.717) is 12.1 Å². The third-order valence-electron chi connectivity index (χ3n) is 4.65. The van der Waals surface area contributed by atoms with E-state index in [1.807, 2.05) is 0 Å². The molecule has 5 heteroatoms. The zero-order valence-corrected chi connectivity index (χ0v) is 12.0. The fourth-order valence-electron chi connectivity index (χ4n) is 3.44. The van der Waals surface area contributed by atoms with E-state index in [0.717, 1.165) is 50.8 Å². The zero-order valence-electron chi connectivity index (χ0n) is 12.0. The standard InChI is InChI=1S/C15H22N4O/c1-2-12-10-19(7-8-20-12)14-4-3-13-15(17-14)16-11-5-6-18(13)9-11/h3-4,11-12H,2,5-10H2,1H3,(H,16,17)/t11-,12+/m0/s1. The van der Waals surface area contributed by atoms with Gasteiger partial charge in [0.05, 0.1) is 18.4 Å². The van der Waals surface area contributed by atoms with Crippen LogP contribution in [0.4, 0.5) is 17.3 Å². The van der Waals surface area contributed by atoms with E-state index in [4.69, 9.17) is 9.72 Å². The van der Waals surface area contributed by atoms with E-state index in [9.17, 15) is 0 Å². The first-order valence-corrected chi connectivity index (χ1v) is 7.72. The molecule has 3 aliphatic heterocycles. The fraction of sp³-hybridized carbons (Fsp3) is 0.667. The second-order valence-electron chi connectivity index (χ2n) is 5.96. The molecule has 3 aliphatic rings. The average molecular weight is 274 g/mol. The van der Waals surface area contributed by atoms with Crippen LogP contribution in [0.25, 0.3) is 0 Å². The quantitative estimate of drug-likeness (QED) is 0.889. The smallest absolute Gasteiger partial charge is 0.152 e. The summed E-state index contributed by atoms with van der Waals surface area (Å²) >= 11 is 0. The van der Waals surface area contributed by atoms with Gasteiger partial charge in [0.1, 0.15) is 5.82 Å². The zero-order chi connectivity index (χ0) is 13.5. The van der Waals surface area contributed by atoms with Gasteiger partial charge in [-0.2, -0.15) is 0 Å². The molecule has 0 saturated carbocycles. The number of pyridine rings is 1. The summed E-state index contributed by atoms with van der Waals surface area (Å²) in [6, 6.07) is 4.97. The summed E-state index contributed by atoms with van der Waals surface area (Å²) in [7, 11) is 0. The first kappa shape index (κ1) is 12.3. The van der Waals surface area contributed by atoms with Crippen molar-refractivity contribution in [3.05, 3.63) is 12.1 Å². The molecule has 0 spiro atoms. The largest absolute Gasteiger partial charge is 0.375 e. The van der Waals surface area contributed by atoms with Crippen LogP contribution >= 0.6 is 0 Å². The number of ether oxygens (including phenoxy) is 1. The van der Waals surface area contributed by atoms with Crippen LogP contribution in [0.2, 0.25) is 0 Å². The number of nitrogens with one attached hydrogen (secondary N) is 1. The molecule has 1 aromatic rings. The lowest BCUT2D eigenvalue weighted by atomic mass is 10.2. The monoisotopic (exact) mass is 274 g/mol. The van der Waals surface area contributed by atoms with Gasteiger partial charge in [0.25, 0.3) is 0 Å². The SMILES string of the molecule is CC[C@@H]1CN(c2ccc3c(n2)N[C@H]2CCN3C2)CCO1. The number of aromatic nitrogens is 1. The van der Waals surface area contributed by atoms with Gasteiger partial charge in [-0.3, -0.25) is 0 Å². The highest BCUT2D eigenvalue weighted by Gasteiger charge is 2.31. The van der Waals surface area contributed by atoms with Crippen LogP contribution in [0.5, 0.6) is 0 Å². The maximum Gasteiger partial charge on any atom is 0.152 e. The molecule has 4 heterocycles. The van der Waals surface area contributed by atoms with Gasteiger partial charge >= 0.3 is 0 Å². The van der Waals surface area contributed by atoms with Crippen molar-refractivity contribution in [1.82, 2.24) is 4.98 Å². The van der Waals surface area contributed by atoms with Crippen LogP contribution in [0.1, 0.15) is 19.8 Å². The summed E-state index contributed by atoms with van der Waals surface area (Å²) in [5.74, 6) is 2.15. The van der Waals surface area contributed by atoms with E-state index in [1.54, 1.807) is 0 Å². The minimum absolute atomic E-state index is 0.342. The van der Waals surface area contributed by atoms with E-state index < -0.39 is 0 Å². The Morgan fingerprint density at radius 3 is 3.15 bits per heavy atom. The summed E-state index contributed by atoms with van der Waals surface area (Å²) < 4.78 is 5.74. The number of morpholine rings is 1. The minimum Gasteiger partial charge on any atom is -0.375 e. The van der Waals surface area contributed by atoms with Crippen LogP contribution in [0.3, 0.4) is 0 Å². The Hall–Kier alpha value is -1.49. The lowest BCUT2D eigenvalue weighted by Gasteiger charge is -2.34. The molecule has 0 aliphatic carbocycles. The number of nitrogens with zero attached hydrogens (tertiary/aromatic N) is 3. The number of fused-ring (bicyclic) bond motifs is 4. The van der Waals surface area contributed by atoms with Crippen LogP contribution < -0.4 is 15.1 Å². The molecule has 0 radical (unpaired) electrons. The molecule has 2 fully saturated rings. The maximum absolute atomic E-state index is 5.74. The summed E-state index contributed by atoms with van der Waals surface area (Å²) in [5.41, 5.74) is 1.27. The van der Waals surface area contributed by atoms with E-state index in [-0.39, 0.29) is 0 Å². The van der Waals surface area contributed by atoms with Crippen molar-refractivity contribution >= 4 is 17.3 Å². The maximum atomic E-state index is 5.74. The van der Waals surface area contributed by atoms with E-state index in [2.05, 4.69) is 34.2 Å². The Balaban J connectivity index is 1.59. The van der Waals surface area contributed by atoms with Gasteiger partial charge in [-0.1, -0.05) is 6.92 Å². The predicted octanol–water partition coefficient (Wildman–Crippen LogP) is 1.70. The third kappa shape index (κ3) is 2.00. The lowest BCUT2D eigenvalue weighted by molar-refractivity contribution is 0.0382. The molecule has 2 bridgehead atoms. The van der Waals surface area contributed by atoms with Gasteiger partial charge in [-0.05, 0) is 25.0 Å². The molecule has 0 unspecified atom stereocenters. The molecule has 1 N–H and O–H groups in total. The van der Waals surface area contributed by atoms with Crippen molar-refractivity contribution < 1.29 is 4.74 Å². The Kier molecular flexibility index (Phi) is 2.95. The molecule has 2 atom stereocenters. The Bertz CT molecular complexity index is 507. The molecule has 2 saturated heterocycles. The van der Waals surface area contributed by atoms with Crippen molar-refractivity contribution in [1.29, 1.82) is 0 Å². The van der Waals surface area contributed by atoms with Gasteiger partial charge in [-0.25, -0.2) is 4.98 Å². The highest BCUT2D eigenvalue weighted by atomic mass is 16.5. The summed E-state index contributed by atoms with van der Waals surface area (Å²) in [6.07, 6.45) is 2.63. The predicted molar refractivity (Wildman–Crippen MR) is 80.7 cm³/mol. The van der Waals surface area contributed by atoms with Crippen LogP contribution in [0.15, 0.2) is 12.1 Å². The van der Waals surface area contributed by atoms with Crippen LogP contribution in [-0.2, 0) is 4.74 Å². The molecule has 0 aromatic carbocycles. The van der Waals surface area contributed by atoms with Gasteiger partial charge in [-0.15, -0.1) is 0 Å². The minimum atomic E-state index is 0.342. The van der Waals surface area contributed by atoms with Gasteiger partial charge in [0.2, 0.25) is 0 Å². The highest BCUT2D eigenvalue weighted by Crippen LogP contribution is 2.35. The normalized spacial score (nSPS) is 28.2. The van der Waals surface area contributed by atoms with Gasteiger partial charge in [0, 0.05) is 32.2 Å². The summed E-state index contributed by atoms with van der Waals surface area (Å²) in [5, 5.41) is 3.58. The van der Waals surface area contributed by atoms with Crippen molar-refractivity contribution in [2.45, 2.75) is 31.9 Å². The van der Waals surface area contributed by atoms with Crippen LogP contribution in [-0.4, -0.2) is 49.9 Å².